The Labute approximate surface area is 88.7 Å². The summed E-state index contributed by atoms with van der Waals surface area (Å²) in [5.74, 6) is -2.42. The van der Waals surface area contributed by atoms with E-state index in [1.165, 1.54) is 12.1 Å². The number of carboxylic acid groups (broad SMARTS) is 2. The van der Waals surface area contributed by atoms with Crippen LogP contribution in [0.2, 0.25) is 0 Å². The number of carbonyl (C=O) groups is 2. The molecule has 0 saturated heterocycles. The topological polar surface area (TPSA) is 74.6 Å². The first kappa shape index (κ1) is 11.2. The molecule has 0 unspecified atom stereocenters. The van der Waals surface area contributed by atoms with Gasteiger partial charge in [0.2, 0.25) is 0 Å². The first-order valence-electron chi connectivity index (χ1n) is 4.65. The van der Waals surface area contributed by atoms with E-state index in [4.69, 9.17) is 10.2 Å². The first-order valence-corrected chi connectivity index (χ1v) is 4.65. The quantitative estimate of drug-likeness (QED) is 0.799. The average molecular weight is 210 g/mol. The highest BCUT2D eigenvalue weighted by Gasteiger charge is 2.15. The Morgan fingerprint density at radius 3 is 2.27 bits per heavy atom. The summed E-state index contributed by atoms with van der Waals surface area (Å²) in [6.07, 6.45) is 1.64. The van der Waals surface area contributed by atoms with Crippen molar-refractivity contribution in [2.24, 2.45) is 0 Å². The van der Waals surface area contributed by atoms with Crippen LogP contribution in [0.1, 0.15) is 41.1 Å². The van der Waals surface area contributed by atoms with Crippen LogP contribution < -0.4 is 0 Å². The lowest BCUT2D eigenvalue weighted by Crippen LogP contribution is -2.08. The molecule has 0 bridgehead atoms. The van der Waals surface area contributed by atoms with Crippen molar-refractivity contribution in [3.8, 4) is 0 Å². The van der Waals surface area contributed by atoms with Gasteiger partial charge in [-0.15, -0.1) is 0 Å². The number of hydrogen-bond donors (Lipinski definition) is 2. The molecule has 0 saturated carbocycles. The van der Waals surface area contributed by atoms with Crippen LogP contribution in [0.3, 0.4) is 0 Å². The number of rotatable bonds is 4. The van der Waals surface area contributed by atoms with E-state index in [0.29, 0.717) is 0 Å². The van der Waals surface area contributed by atoms with E-state index < -0.39 is 11.9 Å². The highest BCUT2D eigenvalue weighted by molar-refractivity contribution is 6.01. The molecule has 1 rings (SSSR count). The number of carboxylic acids is 2. The molecule has 1 aromatic rings. The zero-order chi connectivity index (χ0) is 11.4. The molecule has 0 fully saturated rings. The first-order chi connectivity index (χ1) is 7.06. The van der Waals surface area contributed by atoms with E-state index in [-0.39, 0.29) is 12.6 Å². The van der Waals surface area contributed by atoms with E-state index in [1.807, 2.05) is 6.92 Å². The second-order valence-electron chi connectivity index (χ2n) is 3.24. The zero-order valence-electron chi connectivity index (χ0n) is 8.36. The average Bonchev–Trinajstić information content (AvgIpc) is 2.17. The van der Waals surface area contributed by atoms with Crippen LogP contribution in [0.15, 0.2) is 18.2 Å². The standard InChI is InChI=1S/C11H12O4.H2/c1-2-3-7-4-5-8(10(12)13)9(6-7)11(14)15;/h4-6H,2-3H2,1H3,(H,12,13)(H,14,15);1H. The van der Waals surface area contributed by atoms with Gasteiger partial charge in [-0.1, -0.05) is 19.4 Å². The third-order valence-corrected chi connectivity index (χ3v) is 2.08. The van der Waals surface area contributed by atoms with Gasteiger partial charge in [0, 0.05) is 1.43 Å². The minimum absolute atomic E-state index is 0. The summed E-state index contributed by atoms with van der Waals surface area (Å²) >= 11 is 0. The SMILES string of the molecule is CCCc1ccc(C(=O)O)c(C(=O)O)c1.[HH]. The fraction of sp³-hybridized carbons (Fsp3) is 0.273. The Morgan fingerprint density at radius 2 is 1.80 bits per heavy atom. The molecule has 0 aliphatic carbocycles. The Balaban J connectivity index is 0.00000225. The second-order valence-corrected chi connectivity index (χ2v) is 3.24. The second kappa shape index (κ2) is 4.59. The van der Waals surface area contributed by atoms with Crippen LogP contribution in [0.5, 0.6) is 0 Å². The number of aryl methyl sites for hydroxylation is 1. The van der Waals surface area contributed by atoms with E-state index in [1.54, 1.807) is 6.07 Å². The zero-order valence-corrected chi connectivity index (χ0v) is 8.36. The van der Waals surface area contributed by atoms with Crippen molar-refractivity contribution in [2.45, 2.75) is 19.8 Å². The summed E-state index contributed by atoms with van der Waals surface area (Å²) in [5.41, 5.74) is 0.538. The largest absolute Gasteiger partial charge is 0.478 e. The summed E-state index contributed by atoms with van der Waals surface area (Å²) in [4.78, 5) is 21.6. The van der Waals surface area contributed by atoms with Gasteiger partial charge < -0.3 is 10.2 Å². The van der Waals surface area contributed by atoms with Gasteiger partial charge >= 0.3 is 11.9 Å². The molecular weight excluding hydrogens is 196 g/mol. The summed E-state index contributed by atoms with van der Waals surface area (Å²) in [6.45, 7) is 1.98. The highest BCUT2D eigenvalue weighted by Crippen LogP contribution is 2.13. The molecule has 0 radical (unpaired) electrons. The van der Waals surface area contributed by atoms with E-state index in [9.17, 15) is 9.59 Å². The molecule has 0 spiro atoms. The molecule has 0 atom stereocenters. The lowest BCUT2D eigenvalue weighted by atomic mass is 10.0. The normalized spacial score (nSPS) is 9.93. The monoisotopic (exact) mass is 210 g/mol. The predicted molar refractivity (Wildman–Crippen MR) is 56.5 cm³/mol. The Kier molecular flexibility index (Phi) is 3.44. The minimum atomic E-state index is -1.21. The Morgan fingerprint density at radius 1 is 1.20 bits per heavy atom. The fourth-order valence-corrected chi connectivity index (χ4v) is 1.40. The third-order valence-electron chi connectivity index (χ3n) is 2.08. The summed E-state index contributed by atoms with van der Waals surface area (Å²) in [6, 6.07) is 4.42. The van der Waals surface area contributed by atoms with Crippen molar-refractivity contribution in [1.29, 1.82) is 0 Å². The molecule has 82 valence electrons. The van der Waals surface area contributed by atoms with E-state index in [2.05, 4.69) is 0 Å². The molecule has 4 heteroatoms. The van der Waals surface area contributed by atoms with Gasteiger partial charge in [-0.25, -0.2) is 9.59 Å². The lowest BCUT2D eigenvalue weighted by Gasteiger charge is -2.04. The number of benzene rings is 1. The Bertz CT molecular complexity index is 401. The van der Waals surface area contributed by atoms with E-state index >= 15 is 0 Å². The molecule has 4 nitrogen and oxygen atoms in total. The van der Waals surface area contributed by atoms with Gasteiger partial charge in [0.15, 0.2) is 0 Å². The molecule has 15 heavy (non-hydrogen) atoms. The van der Waals surface area contributed by atoms with Crippen LogP contribution in [0, 0.1) is 0 Å². The molecule has 1 aromatic carbocycles. The Hall–Kier alpha value is -1.84. The highest BCUT2D eigenvalue weighted by atomic mass is 16.4. The van der Waals surface area contributed by atoms with Gasteiger partial charge in [-0.2, -0.15) is 0 Å². The van der Waals surface area contributed by atoms with Crippen molar-refractivity contribution in [3.63, 3.8) is 0 Å². The van der Waals surface area contributed by atoms with Crippen LogP contribution in [0.25, 0.3) is 0 Å². The van der Waals surface area contributed by atoms with Crippen molar-refractivity contribution in [1.82, 2.24) is 0 Å². The van der Waals surface area contributed by atoms with Crippen molar-refractivity contribution in [2.75, 3.05) is 0 Å². The van der Waals surface area contributed by atoms with Crippen molar-refractivity contribution < 1.29 is 21.2 Å². The molecule has 0 aromatic heterocycles. The van der Waals surface area contributed by atoms with Crippen LogP contribution in [-0.2, 0) is 6.42 Å². The third kappa shape index (κ3) is 2.56. The van der Waals surface area contributed by atoms with Gasteiger partial charge in [-0.05, 0) is 24.1 Å². The molecule has 2 N–H and O–H groups in total. The van der Waals surface area contributed by atoms with Gasteiger partial charge in [0.25, 0.3) is 0 Å². The van der Waals surface area contributed by atoms with Crippen LogP contribution in [-0.4, -0.2) is 22.2 Å². The summed E-state index contributed by atoms with van der Waals surface area (Å²) in [5, 5.41) is 17.6. The maximum absolute atomic E-state index is 10.8. The molecule has 0 aliphatic heterocycles. The van der Waals surface area contributed by atoms with Gasteiger partial charge in [0.05, 0.1) is 11.1 Å². The summed E-state index contributed by atoms with van der Waals surface area (Å²) < 4.78 is 0. The number of hydrogen-bond acceptors (Lipinski definition) is 2. The van der Waals surface area contributed by atoms with Gasteiger partial charge in [-0.3, -0.25) is 0 Å². The maximum Gasteiger partial charge on any atom is 0.336 e. The smallest absolute Gasteiger partial charge is 0.336 e. The predicted octanol–water partition coefficient (Wildman–Crippen LogP) is 2.28. The summed E-state index contributed by atoms with van der Waals surface area (Å²) in [7, 11) is 0. The van der Waals surface area contributed by atoms with Crippen LogP contribution >= 0.6 is 0 Å². The molecule has 0 aliphatic rings. The van der Waals surface area contributed by atoms with Crippen molar-refractivity contribution >= 4 is 11.9 Å². The van der Waals surface area contributed by atoms with E-state index in [0.717, 1.165) is 18.4 Å². The van der Waals surface area contributed by atoms with Gasteiger partial charge in [0.1, 0.15) is 0 Å². The lowest BCUT2D eigenvalue weighted by molar-refractivity contribution is 0.0651. The molecule has 0 heterocycles. The fourth-order valence-electron chi connectivity index (χ4n) is 1.40. The molecule has 0 amide bonds. The molecular formula is C11H14O4. The van der Waals surface area contributed by atoms with Crippen LogP contribution in [0.4, 0.5) is 0 Å². The minimum Gasteiger partial charge on any atom is -0.478 e. The maximum atomic E-state index is 10.8. The number of aromatic carboxylic acids is 2. The van der Waals surface area contributed by atoms with Crippen molar-refractivity contribution in [3.05, 3.63) is 34.9 Å².